The lowest BCUT2D eigenvalue weighted by Gasteiger charge is -2.24. The van der Waals surface area contributed by atoms with Gasteiger partial charge < -0.3 is 10.1 Å². The number of nitrogens with one attached hydrogen (secondary N) is 2. The Hall–Kier alpha value is -2.62. The van der Waals surface area contributed by atoms with Crippen molar-refractivity contribution < 1.29 is 19.1 Å². The first-order valence-corrected chi connectivity index (χ1v) is 10.2. The molecule has 0 spiro atoms. The molecule has 0 aliphatic carbocycles. The molecule has 2 aromatic rings. The predicted octanol–water partition coefficient (Wildman–Crippen LogP) is 2.45. The van der Waals surface area contributed by atoms with Crippen LogP contribution in [0.15, 0.2) is 60.7 Å². The second-order valence-corrected chi connectivity index (χ2v) is 6.78. The number of likely N-dealkylation sites (N-methyl/N-ethyl adjacent to an activating group) is 1. The third-order valence-electron chi connectivity index (χ3n) is 3.83. The van der Waals surface area contributed by atoms with Gasteiger partial charge in [0.15, 0.2) is 0 Å². The summed E-state index contributed by atoms with van der Waals surface area (Å²) in [5.41, 5.74) is 4.19. The van der Waals surface area contributed by atoms with Crippen LogP contribution < -0.4 is 10.7 Å². The smallest absolute Gasteiger partial charge is 0.408 e. The molecule has 28 heavy (non-hydrogen) atoms. The summed E-state index contributed by atoms with van der Waals surface area (Å²) in [4.78, 5) is 36.5. The van der Waals surface area contributed by atoms with Crippen molar-refractivity contribution in [1.82, 2.24) is 15.8 Å². The summed E-state index contributed by atoms with van der Waals surface area (Å²) in [5.74, 6) is -0.750. The molecule has 0 heterocycles. The molecule has 0 aliphatic heterocycles. The van der Waals surface area contributed by atoms with Gasteiger partial charge in [0.1, 0.15) is 12.6 Å². The molecule has 7 nitrogen and oxygen atoms in total. The van der Waals surface area contributed by atoms with Crippen molar-refractivity contribution in [2.45, 2.75) is 19.1 Å². The number of alkyl carbamates (subject to hydrolysis) is 1. The molecular formula is C20H22IN3O4. The van der Waals surface area contributed by atoms with Crippen molar-refractivity contribution in [2.75, 3.05) is 11.5 Å². The van der Waals surface area contributed by atoms with E-state index in [0.717, 1.165) is 16.1 Å². The molecule has 148 valence electrons. The van der Waals surface area contributed by atoms with Gasteiger partial charge in [0.2, 0.25) is 5.91 Å². The van der Waals surface area contributed by atoms with Gasteiger partial charge in [-0.3, -0.25) is 20.0 Å². The lowest BCUT2D eigenvalue weighted by Crippen LogP contribution is -2.54. The molecule has 2 N–H and O–H groups in total. The topological polar surface area (TPSA) is 87.7 Å². The highest BCUT2D eigenvalue weighted by molar-refractivity contribution is 14.1. The summed E-state index contributed by atoms with van der Waals surface area (Å²) >= 11 is 1.90. The fraction of sp³-hybridized carbons (Fsp3) is 0.250. The number of ether oxygens (including phenoxy) is 1. The first kappa shape index (κ1) is 21.7. The quantitative estimate of drug-likeness (QED) is 0.351. The standard InChI is InChI=1S/C20H22IN3O4/c1-24(23-18(25)13-21)19(26)17(12-15-8-4-2-5-9-15)22-20(27)28-14-16-10-6-3-7-11-16/h2-11,17H,12-14H2,1H3,(H,22,27)(H,23,25)/t17-/m0/s1. The minimum Gasteiger partial charge on any atom is -0.445 e. The number of hydrogen-bond acceptors (Lipinski definition) is 4. The highest BCUT2D eigenvalue weighted by Gasteiger charge is 2.26. The number of alkyl halides is 1. The minimum absolute atomic E-state index is 0.0976. The van der Waals surface area contributed by atoms with Gasteiger partial charge in [-0.05, 0) is 11.1 Å². The summed E-state index contributed by atoms with van der Waals surface area (Å²) in [6.45, 7) is 0.0976. The van der Waals surface area contributed by atoms with Gasteiger partial charge in [-0.15, -0.1) is 0 Å². The van der Waals surface area contributed by atoms with Crippen molar-refractivity contribution in [3.8, 4) is 0 Å². The van der Waals surface area contributed by atoms with Crippen molar-refractivity contribution in [1.29, 1.82) is 0 Å². The van der Waals surface area contributed by atoms with E-state index in [-0.39, 0.29) is 23.4 Å². The Balaban J connectivity index is 2.03. The van der Waals surface area contributed by atoms with Gasteiger partial charge in [0.05, 0.1) is 4.43 Å². The summed E-state index contributed by atoms with van der Waals surface area (Å²) < 4.78 is 5.43. The number of hydrazine groups is 1. The van der Waals surface area contributed by atoms with Crippen molar-refractivity contribution in [2.24, 2.45) is 0 Å². The molecule has 3 amide bonds. The molecule has 0 fully saturated rings. The Morgan fingerprint density at radius 1 is 1.00 bits per heavy atom. The molecule has 0 aromatic heterocycles. The van der Waals surface area contributed by atoms with Crippen molar-refractivity contribution >= 4 is 40.5 Å². The molecule has 0 saturated heterocycles. The van der Waals surface area contributed by atoms with Crippen molar-refractivity contribution in [3.05, 3.63) is 71.8 Å². The fourth-order valence-electron chi connectivity index (χ4n) is 2.46. The molecule has 0 aliphatic rings. The second-order valence-electron chi connectivity index (χ2n) is 6.01. The first-order chi connectivity index (χ1) is 13.5. The monoisotopic (exact) mass is 495 g/mol. The average Bonchev–Trinajstić information content (AvgIpc) is 2.72. The molecule has 0 unspecified atom stereocenters. The number of carbonyl (C=O) groups excluding carboxylic acids is 3. The summed E-state index contributed by atoms with van der Waals surface area (Å²) in [5, 5.41) is 3.69. The maximum absolute atomic E-state index is 12.7. The van der Waals surface area contributed by atoms with Gasteiger partial charge in [-0.25, -0.2) is 4.79 Å². The normalized spacial score (nSPS) is 11.2. The zero-order valence-corrected chi connectivity index (χ0v) is 17.6. The number of halogens is 1. The molecule has 0 saturated carbocycles. The third-order valence-corrected chi connectivity index (χ3v) is 4.52. The number of rotatable bonds is 7. The molecule has 0 radical (unpaired) electrons. The highest BCUT2D eigenvalue weighted by atomic mass is 127. The van der Waals surface area contributed by atoms with Gasteiger partial charge in [0.25, 0.3) is 5.91 Å². The van der Waals surface area contributed by atoms with Crippen LogP contribution in [0.3, 0.4) is 0 Å². The Labute approximate surface area is 177 Å². The van der Waals surface area contributed by atoms with Crippen molar-refractivity contribution in [3.63, 3.8) is 0 Å². The molecular weight excluding hydrogens is 473 g/mol. The van der Waals surface area contributed by atoms with Gasteiger partial charge in [-0.2, -0.15) is 0 Å². The number of amides is 3. The Kier molecular flexibility index (Phi) is 8.73. The van der Waals surface area contributed by atoms with E-state index in [2.05, 4.69) is 10.7 Å². The first-order valence-electron chi connectivity index (χ1n) is 8.63. The van der Waals surface area contributed by atoms with Crippen LogP contribution in [0, 0.1) is 0 Å². The predicted molar refractivity (Wildman–Crippen MR) is 113 cm³/mol. The zero-order valence-electron chi connectivity index (χ0n) is 15.4. The Morgan fingerprint density at radius 3 is 2.14 bits per heavy atom. The lowest BCUT2D eigenvalue weighted by molar-refractivity contribution is -0.140. The van der Waals surface area contributed by atoms with E-state index in [1.54, 1.807) is 0 Å². The van der Waals surface area contributed by atoms with E-state index >= 15 is 0 Å². The minimum atomic E-state index is -0.884. The molecule has 1 atom stereocenters. The number of benzene rings is 2. The largest absolute Gasteiger partial charge is 0.445 e. The molecule has 8 heteroatoms. The summed E-state index contributed by atoms with van der Waals surface area (Å²) in [6, 6.07) is 17.7. The number of nitrogens with zero attached hydrogens (tertiary/aromatic N) is 1. The van der Waals surface area contributed by atoms with Gasteiger partial charge in [0, 0.05) is 13.5 Å². The van der Waals surface area contributed by atoms with Crippen LogP contribution in [-0.4, -0.2) is 40.4 Å². The van der Waals surface area contributed by atoms with Crippen LogP contribution >= 0.6 is 22.6 Å². The molecule has 0 bridgehead atoms. The SMILES string of the molecule is CN(NC(=O)CI)C(=O)[C@H](Cc1ccccc1)NC(=O)OCc1ccccc1. The lowest BCUT2D eigenvalue weighted by atomic mass is 10.1. The second kappa shape index (κ2) is 11.3. The maximum Gasteiger partial charge on any atom is 0.408 e. The van der Waals surface area contributed by atoms with Gasteiger partial charge >= 0.3 is 6.09 Å². The summed E-state index contributed by atoms with van der Waals surface area (Å²) in [6.07, 6.45) is -0.434. The van der Waals surface area contributed by atoms with Gasteiger partial charge in [-0.1, -0.05) is 83.3 Å². The van der Waals surface area contributed by atoms with E-state index in [0.29, 0.717) is 0 Å². The third kappa shape index (κ3) is 7.18. The van der Waals surface area contributed by atoms with Crippen LogP contribution in [-0.2, 0) is 27.4 Å². The van der Waals surface area contributed by atoms with E-state index < -0.39 is 18.0 Å². The molecule has 2 rings (SSSR count). The number of carbonyl (C=O) groups is 3. The fourth-order valence-corrected chi connectivity index (χ4v) is 2.63. The Bertz CT molecular complexity index is 787. The van der Waals surface area contributed by atoms with Crippen LogP contribution in [0.5, 0.6) is 0 Å². The van der Waals surface area contributed by atoms with Crippen LogP contribution in [0.4, 0.5) is 4.79 Å². The van der Waals surface area contributed by atoms with E-state index in [9.17, 15) is 14.4 Å². The van der Waals surface area contributed by atoms with E-state index in [1.807, 2.05) is 83.3 Å². The number of hydrogen-bond donors (Lipinski definition) is 2. The summed E-state index contributed by atoms with van der Waals surface area (Å²) in [7, 11) is 1.45. The van der Waals surface area contributed by atoms with Crippen LogP contribution in [0.25, 0.3) is 0 Å². The zero-order chi connectivity index (χ0) is 20.4. The molecule has 2 aromatic carbocycles. The van der Waals surface area contributed by atoms with Crippen LogP contribution in [0.1, 0.15) is 11.1 Å². The Morgan fingerprint density at radius 2 is 1.57 bits per heavy atom. The van der Waals surface area contributed by atoms with Crippen LogP contribution in [0.2, 0.25) is 0 Å². The van der Waals surface area contributed by atoms with E-state index in [4.69, 9.17) is 4.74 Å². The highest BCUT2D eigenvalue weighted by Crippen LogP contribution is 2.07. The maximum atomic E-state index is 12.7. The average molecular weight is 495 g/mol. The van der Waals surface area contributed by atoms with E-state index in [1.165, 1.54) is 7.05 Å².